The lowest BCUT2D eigenvalue weighted by Crippen LogP contribution is -2.40. The van der Waals surface area contributed by atoms with Crippen LogP contribution in [-0.2, 0) is 24.3 Å². The van der Waals surface area contributed by atoms with E-state index in [2.05, 4.69) is 21.7 Å². The zero-order valence-electron chi connectivity index (χ0n) is 10.8. The predicted octanol–water partition coefficient (Wildman–Crippen LogP) is 1.26. The summed E-state index contributed by atoms with van der Waals surface area (Å²) in [5.41, 5.74) is 5.78. The van der Waals surface area contributed by atoms with Gasteiger partial charge in [-0.2, -0.15) is 0 Å². The van der Waals surface area contributed by atoms with Crippen LogP contribution < -0.4 is 5.73 Å². The van der Waals surface area contributed by atoms with E-state index >= 15 is 0 Å². The van der Waals surface area contributed by atoms with Crippen LogP contribution in [0, 0.1) is 0 Å². The van der Waals surface area contributed by atoms with Gasteiger partial charge in [-0.05, 0) is 26.2 Å². The summed E-state index contributed by atoms with van der Waals surface area (Å²) >= 11 is 0. The third-order valence-electron chi connectivity index (χ3n) is 3.41. The highest BCUT2D eigenvalue weighted by Gasteiger charge is 2.18. The fourth-order valence-electron chi connectivity index (χ4n) is 1.95. The van der Waals surface area contributed by atoms with Crippen molar-refractivity contribution < 1.29 is 4.74 Å². The molecule has 2 rings (SSSR count). The Labute approximate surface area is 102 Å². The molecule has 96 valence electrons. The minimum absolute atomic E-state index is 0.245. The van der Waals surface area contributed by atoms with E-state index in [1.807, 2.05) is 6.92 Å². The van der Waals surface area contributed by atoms with Crippen molar-refractivity contribution in [3.63, 3.8) is 0 Å². The molecule has 0 aliphatic carbocycles. The van der Waals surface area contributed by atoms with E-state index in [-0.39, 0.29) is 5.54 Å². The number of nitrogens with zero attached hydrogens (tertiary/aromatic N) is 3. The van der Waals surface area contributed by atoms with Crippen molar-refractivity contribution in [3.8, 4) is 0 Å². The number of nitrogens with two attached hydrogens (primary N) is 1. The molecule has 1 unspecified atom stereocenters. The smallest absolute Gasteiger partial charge is 0.159 e. The second-order valence-corrected chi connectivity index (χ2v) is 5.14. The molecule has 0 radical (unpaired) electrons. The predicted molar refractivity (Wildman–Crippen MR) is 65.5 cm³/mol. The van der Waals surface area contributed by atoms with Crippen molar-refractivity contribution in [1.29, 1.82) is 0 Å². The first kappa shape index (κ1) is 12.5. The Kier molecular flexibility index (Phi) is 3.79. The first-order valence-electron chi connectivity index (χ1n) is 6.40. The number of hydrogen-bond acceptors (Lipinski definition) is 4. The Morgan fingerprint density at radius 2 is 2.24 bits per heavy atom. The van der Waals surface area contributed by atoms with Gasteiger partial charge in [-0.25, -0.2) is 0 Å². The lowest BCUT2D eigenvalue weighted by molar-refractivity contribution is 0.0713. The first-order valence-corrected chi connectivity index (χ1v) is 6.40. The van der Waals surface area contributed by atoms with Gasteiger partial charge in [-0.1, -0.05) is 6.92 Å². The molecule has 2 heterocycles. The molecular weight excluding hydrogens is 216 g/mol. The third-order valence-corrected chi connectivity index (χ3v) is 3.41. The summed E-state index contributed by atoms with van der Waals surface area (Å²) < 4.78 is 7.84. The average Bonchev–Trinajstić information content (AvgIpc) is 2.73. The Hall–Kier alpha value is -0.940. The van der Waals surface area contributed by atoms with E-state index in [0.717, 1.165) is 31.0 Å². The molecule has 1 aromatic heterocycles. The normalized spacial score (nSPS) is 18.8. The molecule has 1 aromatic rings. The molecule has 0 bridgehead atoms. The van der Waals surface area contributed by atoms with Crippen molar-refractivity contribution >= 4 is 0 Å². The monoisotopic (exact) mass is 238 g/mol. The van der Waals surface area contributed by atoms with Crippen molar-refractivity contribution in [2.45, 2.75) is 58.2 Å². The Balaban J connectivity index is 1.89. The zero-order valence-corrected chi connectivity index (χ0v) is 10.8. The van der Waals surface area contributed by atoms with E-state index in [0.29, 0.717) is 13.2 Å². The second-order valence-electron chi connectivity index (χ2n) is 5.14. The summed E-state index contributed by atoms with van der Waals surface area (Å²) in [5.74, 6) is 2.03. The van der Waals surface area contributed by atoms with E-state index in [1.54, 1.807) is 0 Å². The molecule has 0 spiro atoms. The van der Waals surface area contributed by atoms with Gasteiger partial charge in [0.05, 0.1) is 6.61 Å². The summed E-state index contributed by atoms with van der Waals surface area (Å²) in [6.07, 6.45) is 4.37. The van der Waals surface area contributed by atoms with E-state index < -0.39 is 0 Å². The van der Waals surface area contributed by atoms with Crippen LogP contribution in [0.5, 0.6) is 0 Å². The number of rotatable bonds is 5. The van der Waals surface area contributed by atoms with Gasteiger partial charge in [0.2, 0.25) is 0 Å². The van der Waals surface area contributed by atoms with Crippen LogP contribution >= 0.6 is 0 Å². The largest absolute Gasteiger partial charge is 0.372 e. The van der Waals surface area contributed by atoms with Gasteiger partial charge < -0.3 is 15.0 Å². The van der Waals surface area contributed by atoms with Crippen LogP contribution in [0.25, 0.3) is 0 Å². The SMILES string of the molecule is CCC(C)(N)COCc1nnc2n1CCCC2. The minimum atomic E-state index is -0.245. The van der Waals surface area contributed by atoms with Gasteiger partial charge in [0, 0.05) is 18.5 Å². The van der Waals surface area contributed by atoms with E-state index in [1.165, 1.54) is 12.8 Å². The maximum atomic E-state index is 6.03. The molecule has 1 atom stereocenters. The average molecular weight is 238 g/mol. The quantitative estimate of drug-likeness (QED) is 0.838. The maximum Gasteiger partial charge on any atom is 0.159 e. The summed E-state index contributed by atoms with van der Waals surface area (Å²) in [7, 11) is 0. The topological polar surface area (TPSA) is 66.0 Å². The van der Waals surface area contributed by atoms with Gasteiger partial charge in [-0.3, -0.25) is 0 Å². The summed E-state index contributed by atoms with van der Waals surface area (Å²) in [6.45, 7) is 6.18. The number of hydrogen-bond donors (Lipinski definition) is 1. The number of aryl methyl sites for hydroxylation is 1. The van der Waals surface area contributed by atoms with Crippen LogP contribution in [-0.4, -0.2) is 26.9 Å². The fourth-order valence-corrected chi connectivity index (χ4v) is 1.95. The molecule has 0 aromatic carbocycles. The van der Waals surface area contributed by atoms with Crippen molar-refractivity contribution in [2.75, 3.05) is 6.61 Å². The third kappa shape index (κ3) is 3.04. The summed E-state index contributed by atoms with van der Waals surface area (Å²) in [6, 6.07) is 0. The van der Waals surface area contributed by atoms with Crippen LogP contribution in [0.15, 0.2) is 0 Å². The zero-order chi connectivity index (χ0) is 12.3. The lowest BCUT2D eigenvalue weighted by Gasteiger charge is -2.22. The highest BCUT2D eigenvalue weighted by atomic mass is 16.5. The standard InChI is InChI=1S/C12H22N4O/c1-3-12(2,13)9-17-8-11-15-14-10-6-4-5-7-16(10)11/h3-9,13H2,1-2H3. The number of ether oxygens (including phenoxy) is 1. The Morgan fingerprint density at radius 3 is 3.00 bits per heavy atom. The maximum absolute atomic E-state index is 6.03. The molecular formula is C12H22N4O. The lowest BCUT2D eigenvalue weighted by atomic mass is 10.0. The Morgan fingerprint density at radius 1 is 1.41 bits per heavy atom. The van der Waals surface area contributed by atoms with Gasteiger partial charge in [0.15, 0.2) is 5.82 Å². The molecule has 17 heavy (non-hydrogen) atoms. The van der Waals surface area contributed by atoms with Crippen LogP contribution in [0.1, 0.15) is 44.8 Å². The molecule has 1 aliphatic rings. The molecule has 5 heteroatoms. The van der Waals surface area contributed by atoms with Gasteiger partial charge in [-0.15, -0.1) is 10.2 Å². The van der Waals surface area contributed by atoms with Gasteiger partial charge >= 0.3 is 0 Å². The highest BCUT2D eigenvalue weighted by Crippen LogP contribution is 2.15. The fraction of sp³-hybridized carbons (Fsp3) is 0.833. The summed E-state index contributed by atoms with van der Waals surface area (Å²) in [4.78, 5) is 0. The minimum Gasteiger partial charge on any atom is -0.372 e. The van der Waals surface area contributed by atoms with Crippen molar-refractivity contribution in [3.05, 3.63) is 11.6 Å². The van der Waals surface area contributed by atoms with Crippen LogP contribution in [0.4, 0.5) is 0 Å². The van der Waals surface area contributed by atoms with E-state index in [9.17, 15) is 0 Å². The summed E-state index contributed by atoms with van der Waals surface area (Å²) in [5, 5.41) is 8.38. The molecule has 0 saturated heterocycles. The molecule has 1 aliphatic heterocycles. The second kappa shape index (κ2) is 5.14. The van der Waals surface area contributed by atoms with E-state index in [4.69, 9.17) is 10.5 Å². The van der Waals surface area contributed by atoms with Crippen LogP contribution in [0.2, 0.25) is 0 Å². The number of fused-ring (bicyclic) bond motifs is 1. The Bertz CT molecular complexity index is 373. The van der Waals surface area contributed by atoms with Crippen molar-refractivity contribution in [2.24, 2.45) is 5.73 Å². The molecule has 0 saturated carbocycles. The first-order chi connectivity index (χ1) is 8.12. The molecule has 0 amide bonds. The molecule has 0 fully saturated rings. The molecule has 2 N–H and O–H groups in total. The number of aromatic nitrogens is 3. The highest BCUT2D eigenvalue weighted by molar-refractivity contribution is 4.97. The molecule has 5 nitrogen and oxygen atoms in total. The van der Waals surface area contributed by atoms with Crippen LogP contribution in [0.3, 0.4) is 0 Å². The van der Waals surface area contributed by atoms with Gasteiger partial charge in [0.25, 0.3) is 0 Å². The van der Waals surface area contributed by atoms with Crippen molar-refractivity contribution in [1.82, 2.24) is 14.8 Å². The van der Waals surface area contributed by atoms with Gasteiger partial charge in [0.1, 0.15) is 12.4 Å².